The number of aryl methyl sites for hydroxylation is 1. The minimum atomic E-state index is -0.583. The van der Waals surface area contributed by atoms with Crippen LogP contribution in [0.2, 0.25) is 0 Å². The number of rotatable bonds is 6. The second kappa shape index (κ2) is 9.02. The summed E-state index contributed by atoms with van der Waals surface area (Å²) in [7, 11) is 2.03. The molecule has 1 aliphatic heterocycles. The van der Waals surface area contributed by atoms with Crippen molar-refractivity contribution in [2.75, 3.05) is 26.2 Å². The summed E-state index contributed by atoms with van der Waals surface area (Å²) in [6.45, 7) is 2.55. The standard InChI is InChI=1S/C21H25FN4O2S/c1-25-19-3-2-10-23-20(19)29-21(25)24-16-8-11-26(12-9-16)13-17(27)14-28-18-6-4-15(22)5-7-18/h2-7,10,16-17,27H,8-9,11-14H2,1H3. The van der Waals surface area contributed by atoms with Gasteiger partial charge in [-0.2, -0.15) is 0 Å². The molecule has 1 atom stereocenters. The molecule has 154 valence electrons. The highest BCUT2D eigenvalue weighted by Crippen LogP contribution is 2.17. The van der Waals surface area contributed by atoms with Crippen molar-refractivity contribution < 1.29 is 14.2 Å². The van der Waals surface area contributed by atoms with Gasteiger partial charge in [-0.25, -0.2) is 9.37 Å². The van der Waals surface area contributed by atoms with E-state index >= 15 is 0 Å². The van der Waals surface area contributed by atoms with E-state index < -0.39 is 6.10 Å². The lowest BCUT2D eigenvalue weighted by Crippen LogP contribution is -2.42. The number of piperidine rings is 1. The fourth-order valence-electron chi connectivity index (χ4n) is 3.55. The summed E-state index contributed by atoms with van der Waals surface area (Å²) < 4.78 is 20.6. The number of aliphatic hydroxyl groups is 1. The van der Waals surface area contributed by atoms with Gasteiger partial charge in [0, 0.05) is 32.9 Å². The van der Waals surface area contributed by atoms with Gasteiger partial charge >= 0.3 is 0 Å². The number of pyridine rings is 1. The van der Waals surface area contributed by atoms with E-state index in [0.717, 1.165) is 41.1 Å². The number of halogens is 1. The predicted molar refractivity (Wildman–Crippen MR) is 112 cm³/mol. The van der Waals surface area contributed by atoms with Crippen LogP contribution in [0.15, 0.2) is 47.6 Å². The van der Waals surface area contributed by atoms with Crippen LogP contribution in [0.3, 0.4) is 0 Å². The van der Waals surface area contributed by atoms with Gasteiger partial charge in [0.2, 0.25) is 0 Å². The number of ether oxygens (including phenoxy) is 1. The molecule has 1 saturated heterocycles. The molecule has 0 spiro atoms. The summed E-state index contributed by atoms with van der Waals surface area (Å²) >= 11 is 1.63. The highest BCUT2D eigenvalue weighted by molar-refractivity contribution is 7.15. The molecule has 0 aliphatic carbocycles. The van der Waals surface area contributed by atoms with Gasteiger partial charge < -0.3 is 19.3 Å². The van der Waals surface area contributed by atoms with Crippen LogP contribution in [-0.2, 0) is 7.05 Å². The van der Waals surface area contributed by atoms with Crippen LogP contribution in [0.5, 0.6) is 5.75 Å². The fraction of sp³-hybridized carbons (Fsp3) is 0.429. The third-order valence-corrected chi connectivity index (χ3v) is 6.23. The smallest absolute Gasteiger partial charge is 0.187 e. The number of aliphatic hydroxyl groups excluding tert-OH is 1. The first-order chi connectivity index (χ1) is 14.1. The van der Waals surface area contributed by atoms with Crippen LogP contribution in [-0.4, -0.2) is 57.9 Å². The molecule has 0 saturated carbocycles. The number of fused-ring (bicyclic) bond motifs is 1. The van der Waals surface area contributed by atoms with E-state index in [1.54, 1.807) is 23.5 Å². The number of β-amino-alcohol motifs (C(OH)–C–C–N with tert-alkyl or cyclic N) is 1. The maximum atomic E-state index is 12.9. The number of aromatic nitrogens is 2. The van der Waals surface area contributed by atoms with Gasteiger partial charge in [-0.15, -0.1) is 0 Å². The van der Waals surface area contributed by atoms with E-state index in [9.17, 15) is 9.50 Å². The van der Waals surface area contributed by atoms with E-state index in [-0.39, 0.29) is 18.5 Å². The number of nitrogens with zero attached hydrogens (tertiary/aromatic N) is 4. The molecule has 0 radical (unpaired) electrons. The number of thiazole rings is 1. The minimum Gasteiger partial charge on any atom is -0.491 e. The summed E-state index contributed by atoms with van der Waals surface area (Å²) in [6.07, 6.45) is 3.16. The number of hydrogen-bond acceptors (Lipinski definition) is 6. The third-order valence-electron chi connectivity index (χ3n) is 5.16. The molecule has 3 aromatic rings. The molecule has 3 heterocycles. The van der Waals surface area contributed by atoms with Gasteiger partial charge in [0.05, 0.1) is 11.6 Å². The van der Waals surface area contributed by atoms with Gasteiger partial charge in [-0.3, -0.25) is 4.99 Å². The van der Waals surface area contributed by atoms with Crippen molar-refractivity contribution in [1.29, 1.82) is 0 Å². The Morgan fingerprint density at radius 2 is 2.03 bits per heavy atom. The Kier molecular flexibility index (Phi) is 6.22. The molecule has 1 fully saturated rings. The molecule has 29 heavy (non-hydrogen) atoms. The second-order valence-electron chi connectivity index (χ2n) is 7.35. The molecule has 8 heteroatoms. The first kappa shape index (κ1) is 20.0. The van der Waals surface area contributed by atoms with Crippen molar-refractivity contribution in [1.82, 2.24) is 14.5 Å². The molecule has 1 unspecified atom stereocenters. The second-order valence-corrected chi connectivity index (χ2v) is 8.31. The number of hydrogen-bond donors (Lipinski definition) is 1. The predicted octanol–water partition coefficient (Wildman–Crippen LogP) is 2.58. The van der Waals surface area contributed by atoms with Crippen molar-refractivity contribution in [3.8, 4) is 5.75 Å². The SMILES string of the molecule is Cn1c(=NC2CCN(CC(O)COc3ccc(F)cc3)CC2)sc2ncccc21. The van der Waals surface area contributed by atoms with Gasteiger partial charge in [0.15, 0.2) is 4.80 Å². The largest absolute Gasteiger partial charge is 0.491 e. The van der Waals surface area contributed by atoms with Crippen LogP contribution >= 0.6 is 11.3 Å². The van der Waals surface area contributed by atoms with Gasteiger partial charge in [0.25, 0.3) is 0 Å². The molecule has 1 aromatic carbocycles. The maximum Gasteiger partial charge on any atom is 0.187 e. The number of benzene rings is 1. The Labute approximate surface area is 172 Å². The van der Waals surface area contributed by atoms with E-state index in [0.29, 0.717) is 12.3 Å². The Bertz CT molecular complexity index is 1010. The molecule has 0 bridgehead atoms. The van der Waals surface area contributed by atoms with Crippen molar-refractivity contribution in [2.45, 2.75) is 25.0 Å². The quantitative estimate of drug-likeness (QED) is 0.671. The zero-order chi connectivity index (χ0) is 20.2. The first-order valence-corrected chi connectivity index (χ1v) is 10.6. The lowest BCUT2D eigenvalue weighted by Gasteiger charge is -2.31. The molecular formula is C21H25FN4O2S. The average molecular weight is 417 g/mol. The van der Waals surface area contributed by atoms with Crippen molar-refractivity contribution in [3.05, 3.63) is 53.2 Å². The zero-order valence-electron chi connectivity index (χ0n) is 16.4. The first-order valence-electron chi connectivity index (χ1n) is 9.81. The van der Waals surface area contributed by atoms with Gasteiger partial charge in [-0.1, -0.05) is 11.3 Å². The molecule has 6 nitrogen and oxygen atoms in total. The molecular weight excluding hydrogens is 391 g/mol. The van der Waals surface area contributed by atoms with E-state index in [1.165, 1.54) is 12.1 Å². The van der Waals surface area contributed by atoms with E-state index in [1.807, 2.05) is 19.3 Å². The molecule has 0 amide bonds. The maximum absolute atomic E-state index is 12.9. The summed E-state index contributed by atoms with van der Waals surface area (Å²) in [6, 6.07) is 10.1. The Morgan fingerprint density at radius 3 is 2.76 bits per heavy atom. The fourth-order valence-corrected chi connectivity index (χ4v) is 4.58. The van der Waals surface area contributed by atoms with Crippen LogP contribution < -0.4 is 9.54 Å². The van der Waals surface area contributed by atoms with Crippen LogP contribution in [0.4, 0.5) is 4.39 Å². The number of likely N-dealkylation sites (tertiary alicyclic amines) is 1. The highest BCUT2D eigenvalue weighted by atomic mass is 32.1. The van der Waals surface area contributed by atoms with E-state index in [4.69, 9.17) is 9.73 Å². The van der Waals surface area contributed by atoms with Crippen LogP contribution in [0.1, 0.15) is 12.8 Å². The zero-order valence-corrected chi connectivity index (χ0v) is 17.2. The summed E-state index contributed by atoms with van der Waals surface area (Å²) in [5.41, 5.74) is 1.11. The lowest BCUT2D eigenvalue weighted by molar-refractivity contribution is 0.0596. The van der Waals surface area contributed by atoms with Crippen LogP contribution in [0, 0.1) is 5.82 Å². The van der Waals surface area contributed by atoms with Gasteiger partial charge in [-0.05, 0) is 49.2 Å². The van der Waals surface area contributed by atoms with Crippen LogP contribution in [0.25, 0.3) is 10.3 Å². The molecule has 4 rings (SSSR count). The van der Waals surface area contributed by atoms with E-state index in [2.05, 4.69) is 20.5 Å². The normalized spacial score (nSPS) is 17.7. The molecule has 2 aromatic heterocycles. The molecule has 1 N–H and O–H groups in total. The highest BCUT2D eigenvalue weighted by Gasteiger charge is 2.21. The Morgan fingerprint density at radius 1 is 1.28 bits per heavy atom. The summed E-state index contributed by atoms with van der Waals surface area (Å²) in [5, 5.41) is 10.3. The Hall–Kier alpha value is -2.29. The van der Waals surface area contributed by atoms with Gasteiger partial charge in [0.1, 0.15) is 29.1 Å². The molecule has 1 aliphatic rings. The summed E-state index contributed by atoms with van der Waals surface area (Å²) in [5.74, 6) is 0.264. The van der Waals surface area contributed by atoms with Crippen molar-refractivity contribution in [2.24, 2.45) is 12.0 Å². The lowest BCUT2D eigenvalue weighted by atomic mass is 10.1. The van der Waals surface area contributed by atoms with Crippen molar-refractivity contribution in [3.63, 3.8) is 0 Å². The Balaban J connectivity index is 1.27. The third kappa shape index (κ3) is 5.01. The minimum absolute atomic E-state index is 0.195. The topological polar surface area (TPSA) is 62.9 Å². The monoisotopic (exact) mass is 416 g/mol. The average Bonchev–Trinajstić information content (AvgIpc) is 3.05. The van der Waals surface area contributed by atoms with Crippen molar-refractivity contribution >= 4 is 21.7 Å². The summed E-state index contributed by atoms with van der Waals surface area (Å²) in [4.78, 5) is 13.6.